The molecule has 0 saturated heterocycles. The third-order valence-electron chi connectivity index (χ3n) is 4.33. The molecule has 7 heteroatoms. The minimum absolute atomic E-state index is 0.0155. The smallest absolute Gasteiger partial charge is 0.159 e. The third-order valence-corrected chi connectivity index (χ3v) is 4.33. The molecule has 0 amide bonds. The molecule has 0 unspecified atom stereocenters. The molecule has 0 spiro atoms. The van der Waals surface area contributed by atoms with Crippen LogP contribution in [0.3, 0.4) is 0 Å². The molecule has 0 aliphatic rings. The molecule has 0 aliphatic carbocycles. The van der Waals surface area contributed by atoms with Gasteiger partial charge in [-0.2, -0.15) is 5.26 Å². The van der Waals surface area contributed by atoms with E-state index in [0.29, 0.717) is 0 Å². The SMILES string of the molecule is [2H]/C(=C\C(=O)Cc1c(OCC)c([2H])c2nc([2H])c(C#N)c(Nc3c([2H])c([2H])c(F)c(C)c3[2H])c2c1[2H])CN(C)C([2H])([2H])[2H]. The first-order valence-electron chi connectivity index (χ1n) is 14.9. The molecule has 3 aromatic rings. The number of nitriles is 1. The number of ether oxygens (including phenoxy) is 1. The van der Waals surface area contributed by atoms with E-state index in [1.54, 1.807) is 13.0 Å². The molecule has 3 rings (SSSR count). The van der Waals surface area contributed by atoms with Crippen molar-refractivity contribution in [1.29, 1.82) is 5.26 Å². The van der Waals surface area contributed by atoms with Crippen molar-refractivity contribution in [3.63, 3.8) is 0 Å². The van der Waals surface area contributed by atoms with Crippen LogP contribution in [-0.4, -0.2) is 42.8 Å². The molecule has 0 fully saturated rings. The molecule has 0 atom stereocenters. The Labute approximate surface area is 207 Å². The highest BCUT2D eigenvalue weighted by Gasteiger charge is 2.16. The molecule has 2 aromatic carbocycles. The number of rotatable bonds is 9. The normalized spacial score (nSPS) is 16.2. The summed E-state index contributed by atoms with van der Waals surface area (Å²) in [4.78, 5) is 17.9. The summed E-state index contributed by atoms with van der Waals surface area (Å²) < 4.78 is 101. The number of pyridine rings is 1. The second-order valence-corrected chi connectivity index (χ2v) is 6.96. The zero-order valence-electron chi connectivity index (χ0n) is 28.2. The quantitative estimate of drug-likeness (QED) is 0.460. The molecular formula is C26H27FN4O2. The summed E-state index contributed by atoms with van der Waals surface area (Å²) >= 11 is 0. The molecule has 0 saturated carbocycles. The van der Waals surface area contributed by atoms with Gasteiger partial charge in [-0.15, -0.1) is 0 Å². The van der Waals surface area contributed by atoms with Gasteiger partial charge >= 0.3 is 0 Å². The summed E-state index contributed by atoms with van der Waals surface area (Å²) in [6.45, 7) is -0.0222. The first kappa shape index (κ1) is 13.7. The number of aromatic nitrogens is 1. The number of nitrogens with one attached hydrogen (secondary N) is 1. The standard InChI is InChI=1S/C26H27FN4O2/c1-5-33-25-14-24-22(13-18(25)12-21(32)7-6-10-31(3)4)26(19(15-28)16-29-24)30-20-8-9-23(27)17(2)11-20/h6-9,11,13-14,16H,5,10,12H2,1-4H3,(H,29,30)/b7-6+/i3D3,6D,8D,9D,11D,13D,14D,16D. The summed E-state index contributed by atoms with van der Waals surface area (Å²) in [7, 11) is 1.26. The van der Waals surface area contributed by atoms with E-state index >= 15 is 0 Å². The largest absolute Gasteiger partial charge is 0.494 e. The third kappa shape index (κ3) is 5.93. The van der Waals surface area contributed by atoms with Gasteiger partial charge in [0.2, 0.25) is 0 Å². The molecule has 6 nitrogen and oxygen atoms in total. The van der Waals surface area contributed by atoms with Crippen molar-refractivity contribution >= 4 is 28.1 Å². The molecular weight excluding hydrogens is 419 g/mol. The zero-order valence-corrected chi connectivity index (χ0v) is 18.2. The van der Waals surface area contributed by atoms with Gasteiger partial charge in [-0.1, -0.05) is 6.05 Å². The van der Waals surface area contributed by atoms with Crippen LogP contribution in [-0.2, 0) is 11.2 Å². The van der Waals surface area contributed by atoms with Gasteiger partial charge in [0, 0.05) is 45.9 Å². The molecule has 1 aromatic heterocycles. The van der Waals surface area contributed by atoms with Crippen LogP contribution < -0.4 is 10.1 Å². The number of halogens is 1. The fourth-order valence-corrected chi connectivity index (χ4v) is 2.86. The predicted molar refractivity (Wildman–Crippen MR) is 128 cm³/mol. The Morgan fingerprint density at radius 3 is 3.00 bits per heavy atom. The number of likely N-dealkylation sites (N-methyl/N-ethyl adjacent to an activating group) is 1. The molecule has 0 radical (unpaired) electrons. The lowest BCUT2D eigenvalue weighted by molar-refractivity contribution is -0.114. The van der Waals surface area contributed by atoms with Gasteiger partial charge in [0.1, 0.15) is 17.6 Å². The number of carbonyl (C=O) groups excluding carboxylic acids is 1. The Kier molecular flexibility index (Phi) is 4.45. The maximum Gasteiger partial charge on any atom is 0.159 e. The van der Waals surface area contributed by atoms with E-state index in [2.05, 4.69) is 10.3 Å². The monoisotopic (exact) mass is 456 g/mol. The van der Waals surface area contributed by atoms with Gasteiger partial charge in [-0.25, -0.2) is 4.39 Å². The number of anilines is 2. The summed E-state index contributed by atoms with van der Waals surface area (Å²) in [6, 6.07) is -1.47. The number of nitrogens with zero attached hydrogens (tertiary/aromatic N) is 3. The number of allylic oxidation sites excluding steroid dienone is 1. The maximum absolute atomic E-state index is 14.4. The Morgan fingerprint density at radius 2 is 2.27 bits per heavy atom. The van der Waals surface area contributed by atoms with Crippen LogP contribution in [0.4, 0.5) is 15.8 Å². The molecule has 33 heavy (non-hydrogen) atoms. The average Bonchev–Trinajstić information content (AvgIpc) is 2.92. The van der Waals surface area contributed by atoms with Crippen molar-refractivity contribution in [3.05, 3.63) is 71.0 Å². The Morgan fingerprint density at radius 1 is 1.45 bits per heavy atom. The molecule has 0 aliphatic heterocycles. The van der Waals surface area contributed by atoms with Gasteiger partial charge in [-0.05, 0) is 63.7 Å². The number of hydrogen-bond donors (Lipinski definition) is 1. The van der Waals surface area contributed by atoms with Crippen molar-refractivity contribution < 1.29 is 27.6 Å². The first-order valence-corrected chi connectivity index (χ1v) is 9.89. The second kappa shape index (κ2) is 10.7. The molecule has 1 heterocycles. The van der Waals surface area contributed by atoms with Crippen LogP contribution >= 0.6 is 0 Å². The van der Waals surface area contributed by atoms with Crippen molar-refractivity contribution in [2.24, 2.45) is 0 Å². The van der Waals surface area contributed by atoms with E-state index in [-0.39, 0.29) is 58.4 Å². The summed E-state index contributed by atoms with van der Waals surface area (Å²) in [6.07, 6.45) is -0.286. The Bertz CT molecular complexity index is 1670. The second-order valence-electron chi connectivity index (χ2n) is 6.96. The highest BCUT2D eigenvalue weighted by Crippen LogP contribution is 2.34. The summed E-state index contributed by atoms with van der Waals surface area (Å²) in [5.74, 6) is -2.00. The van der Waals surface area contributed by atoms with Crippen LogP contribution in [0.25, 0.3) is 10.9 Å². The maximum atomic E-state index is 14.4. The summed E-state index contributed by atoms with van der Waals surface area (Å²) in [5, 5.41) is 12.3. The Balaban J connectivity index is 2.30. The molecule has 170 valence electrons. The van der Waals surface area contributed by atoms with Gasteiger partial charge in [0.25, 0.3) is 0 Å². The fraction of sp³-hybridized carbons (Fsp3) is 0.269. The minimum atomic E-state index is -2.49. The average molecular weight is 457 g/mol. The minimum Gasteiger partial charge on any atom is -0.494 e. The lowest BCUT2D eigenvalue weighted by Crippen LogP contribution is -2.11. The van der Waals surface area contributed by atoms with Crippen molar-refractivity contribution in [2.45, 2.75) is 20.3 Å². The lowest BCUT2D eigenvalue weighted by Gasteiger charge is -2.15. The van der Waals surface area contributed by atoms with Crippen molar-refractivity contribution in [1.82, 2.24) is 9.88 Å². The molecule has 0 bridgehead atoms. The lowest BCUT2D eigenvalue weighted by atomic mass is 10.0. The highest BCUT2D eigenvalue weighted by atomic mass is 19.1. The summed E-state index contributed by atoms with van der Waals surface area (Å²) in [5.41, 5.74) is -1.78. The number of fused-ring (bicyclic) bond motifs is 1. The van der Waals surface area contributed by atoms with Crippen LogP contribution in [0, 0.1) is 24.1 Å². The van der Waals surface area contributed by atoms with Crippen LogP contribution in [0.2, 0.25) is 0 Å². The topological polar surface area (TPSA) is 78.2 Å². The van der Waals surface area contributed by atoms with E-state index in [1.807, 2.05) is 0 Å². The van der Waals surface area contributed by atoms with Crippen LogP contribution in [0.5, 0.6) is 5.75 Å². The van der Waals surface area contributed by atoms with E-state index in [1.165, 1.54) is 14.0 Å². The van der Waals surface area contributed by atoms with E-state index < -0.39 is 66.9 Å². The zero-order chi connectivity index (χ0) is 32.5. The van der Waals surface area contributed by atoms with E-state index in [9.17, 15) is 14.4 Å². The molecule has 1 N–H and O–H groups in total. The van der Waals surface area contributed by atoms with Crippen LogP contribution in [0.15, 0.2) is 48.5 Å². The van der Waals surface area contributed by atoms with Gasteiger partial charge in [0.05, 0.1) is 33.0 Å². The van der Waals surface area contributed by atoms with E-state index in [4.69, 9.17) is 18.4 Å². The van der Waals surface area contributed by atoms with Gasteiger partial charge < -0.3 is 15.0 Å². The predicted octanol–water partition coefficient (Wildman–Crippen LogP) is 4.93. The van der Waals surface area contributed by atoms with Crippen LogP contribution in [0.1, 0.15) is 37.3 Å². The number of hydrogen-bond acceptors (Lipinski definition) is 6. The van der Waals surface area contributed by atoms with Crippen molar-refractivity contribution in [3.8, 4) is 11.8 Å². The Hall–Kier alpha value is -3.76. The fourth-order valence-electron chi connectivity index (χ4n) is 2.86. The first-order chi connectivity index (χ1) is 20.0. The van der Waals surface area contributed by atoms with Gasteiger partial charge in [-0.3, -0.25) is 9.78 Å². The number of ketones is 1. The van der Waals surface area contributed by atoms with E-state index in [0.717, 1.165) is 11.0 Å². The number of benzene rings is 2. The highest BCUT2D eigenvalue weighted by molar-refractivity contribution is 5.98. The van der Waals surface area contributed by atoms with Gasteiger partial charge in [0.15, 0.2) is 5.78 Å². The van der Waals surface area contributed by atoms with Crippen molar-refractivity contribution in [2.75, 3.05) is 32.5 Å². The number of carbonyl (C=O) groups is 1.